The van der Waals surface area contributed by atoms with Crippen LogP contribution >= 0.6 is 11.6 Å². The van der Waals surface area contributed by atoms with Crippen LogP contribution in [0.15, 0.2) is 54.9 Å². The number of halogens is 2. The summed E-state index contributed by atoms with van der Waals surface area (Å²) in [6.07, 6.45) is 10.4. The number of aromatic nitrogens is 1. The number of rotatable bonds is 3. The van der Waals surface area contributed by atoms with E-state index in [0.717, 1.165) is 23.4 Å². The van der Waals surface area contributed by atoms with Gasteiger partial charge in [-0.05, 0) is 48.9 Å². The van der Waals surface area contributed by atoms with Crippen molar-refractivity contribution in [2.24, 2.45) is 0 Å². The normalized spacial score (nSPS) is 13.8. The van der Waals surface area contributed by atoms with E-state index < -0.39 is 0 Å². The summed E-state index contributed by atoms with van der Waals surface area (Å²) >= 11 is 5.71. The number of hydrogen-bond donors (Lipinski definition) is 2. The Kier molecular flexibility index (Phi) is 9.89. The van der Waals surface area contributed by atoms with Gasteiger partial charge >= 0.3 is 0 Å². The molecule has 1 saturated carbocycles. The zero-order valence-electron chi connectivity index (χ0n) is 17.2. The van der Waals surface area contributed by atoms with Gasteiger partial charge in [-0.2, -0.15) is 0 Å². The largest absolute Gasteiger partial charge is 0.506 e. The summed E-state index contributed by atoms with van der Waals surface area (Å²) in [5, 5.41) is 15.2. The Morgan fingerprint density at radius 2 is 1.83 bits per heavy atom. The van der Waals surface area contributed by atoms with E-state index in [1.165, 1.54) is 43.2 Å². The second-order valence-corrected chi connectivity index (χ2v) is 7.64. The van der Waals surface area contributed by atoms with Crippen LogP contribution in [-0.4, -0.2) is 23.3 Å². The van der Waals surface area contributed by atoms with Crippen molar-refractivity contribution in [1.29, 1.82) is 0 Å². The van der Waals surface area contributed by atoms with E-state index in [0.29, 0.717) is 12.2 Å². The molecule has 2 N–H and O–H groups in total. The van der Waals surface area contributed by atoms with Crippen LogP contribution in [0.2, 0.25) is 5.02 Å². The molecule has 3 aromatic rings. The first kappa shape index (κ1) is 23.1. The molecule has 3 nitrogen and oxygen atoms in total. The Bertz CT molecular complexity index is 841. The molecule has 0 saturated heterocycles. The van der Waals surface area contributed by atoms with E-state index >= 15 is 0 Å². The fourth-order valence-corrected chi connectivity index (χ4v) is 3.66. The lowest BCUT2D eigenvalue weighted by molar-refractivity contribution is 0.372. The van der Waals surface area contributed by atoms with Crippen molar-refractivity contribution >= 4 is 22.4 Å². The van der Waals surface area contributed by atoms with Crippen molar-refractivity contribution in [3.63, 3.8) is 0 Å². The van der Waals surface area contributed by atoms with E-state index in [-0.39, 0.29) is 5.75 Å². The predicted octanol–water partition coefficient (Wildman–Crippen LogP) is 6.60. The van der Waals surface area contributed by atoms with Gasteiger partial charge in [0.05, 0.1) is 12.2 Å². The molecule has 5 heteroatoms. The minimum absolute atomic E-state index is 0.107. The SMILES string of the molecule is CF.Cc1cccc(CNC2CCCCC2)c1.Oc1cc2ccncc2cc1Cl. The highest BCUT2D eigenvalue weighted by Crippen LogP contribution is 2.28. The highest BCUT2D eigenvalue weighted by atomic mass is 35.5. The summed E-state index contributed by atoms with van der Waals surface area (Å²) in [5.41, 5.74) is 2.78. The number of phenolic OH excluding ortho intramolecular Hbond substituents is 1. The van der Waals surface area contributed by atoms with Gasteiger partial charge in [-0.15, -0.1) is 0 Å². The Hall–Kier alpha value is -2.17. The number of aromatic hydroxyl groups is 1. The van der Waals surface area contributed by atoms with Gasteiger partial charge in [-0.3, -0.25) is 9.37 Å². The number of alkyl halides is 1. The molecule has 0 amide bonds. The zero-order chi connectivity index (χ0) is 21.1. The minimum atomic E-state index is 0.107. The maximum Gasteiger partial charge on any atom is 0.134 e. The molecule has 0 aliphatic heterocycles. The third-order valence-corrected chi connectivity index (χ3v) is 5.29. The summed E-state index contributed by atoms with van der Waals surface area (Å²) in [5.74, 6) is 0.107. The van der Waals surface area contributed by atoms with Crippen LogP contribution in [0.5, 0.6) is 5.75 Å². The number of nitrogens with zero attached hydrogens (tertiary/aromatic N) is 1. The van der Waals surface area contributed by atoms with Crippen molar-refractivity contribution in [1.82, 2.24) is 10.3 Å². The summed E-state index contributed by atoms with van der Waals surface area (Å²) in [7, 11) is 0.500. The van der Waals surface area contributed by atoms with Gasteiger partial charge in [0, 0.05) is 30.4 Å². The fourth-order valence-electron chi connectivity index (χ4n) is 3.49. The molecular formula is C24H30ClFN2O. The lowest BCUT2D eigenvalue weighted by Gasteiger charge is -2.22. The van der Waals surface area contributed by atoms with Gasteiger partial charge in [0.1, 0.15) is 5.75 Å². The van der Waals surface area contributed by atoms with Crippen LogP contribution in [0.4, 0.5) is 4.39 Å². The molecule has 0 spiro atoms. The zero-order valence-corrected chi connectivity index (χ0v) is 17.9. The summed E-state index contributed by atoms with van der Waals surface area (Å²) < 4.78 is 9.50. The molecule has 1 aliphatic rings. The molecule has 2 aromatic carbocycles. The van der Waals surface area contributed by atoms with Crippen molar-refractivity contribution in [3.05, 3.63) is 71.0 Å². The van der Waals surface area contributed by atoms with Gasteiger partial charge in [0.2, 0.25) is 0 Å². The number of pyridine rings is 1. The molecule has 0 bridgehead atoms. The number of fused-ring (bicyclic) bond motifs is 1. The molecule has 0 atom stereocenters. The van der Waals surface area contributed by atoms with Crippen LogP contribution in [0.3, 0.4) is 0 Å². The number of benzene rings is 2. The van der Waals surface area contributed by atoms with Gasteiger partial charge < -0.3 is 10.4 Å². The Morgan fingerprint density at radius 1 is 1.07 bits per heavy atom. The van der Waals surface area contributed by atoms with Crippen molar-refractivity contribution in [2.75, 3.05) is 7.18 Å². The molecule has 29 heavy (non-hydrogen) atoms. The molecule has 0 unspecified atom stereocenters. The highest BCUT2D eigenvalue weighted by Gasteiger charge is 2.11. The maximum absolute atomic E-state index is 9.50. The lowest BCUT2D eigenvalue weighted by Crippen LogP contribution is -2.30. The maximum atomic E-state index is 9.50. The fraction of sp³-hybridized carbons (Fsp3) is 0.375. The Morgan fingerprint density at radius 3 is 2.55 bits per heavy atom. The minimum Gasteiger partial charge on any atom is -0.506 e. The van der Waals surface area contributed by atoms with Gasteiger partial charge in [-0.1, -0.05) is 60.7 Å². The van der Waals surface area contributed by atoms with Crippen molar-refractivity contribution in [3.8, 4) is 5.75 Å². The van der Waals surface area contributed by atoms with Crippen LogP contribution in [0.1, 0.15) is 43.2 Å². The molecule has 1 heterocycles. The first-order chi connectivity index (χ1) is 14.1. The smallest absolute Gasteiger partial charge is 0.134 e. The molecule has 1 fully saturated rings. The Labute approximate surface area is 177 Å². The highest BCUT2D eigenvalue weighted by molar-refractivity contribution is 6.32. The number of hydrogen-bond acceptors (Lipinski definition) is 3. The van der Waals surface area contributed by atoms with E-state index in [1.807, 2.05) is 6.07 Å². The third-order valence-electron chi connectivity index (χ3n) is 4.99. The number of phenols is 1. The van der Waals surface area contributed by atoms with E-state index in [1.54, 1.807) is 24.5 Å². The van der Waals surface area contributed by atoms with Crippen LogP contribution in [-0.2, 0) is 6.54 Å². The van der Waals surface area contributed by atoms with Gasteiger partial charge in [0.15, 0.2) is 0 Å². The Balaban J connectivity index is 0.000000194. The van der Waals surface area contributed by atoms with Crippen LogP contribution < -0.4 is 5.32 Å². The first-order valence-electron chi connectivity index (χ1n) is 10.0. The number of nitrogens with one attached hydrogen (secondary N) is 1. The average Bonchev–Trinajstić information content (AvgIpc) is 2.76. The molecule has 156 valence electrons. The molecule has 1 aliphatic carbocycles. The first-order valence-corrected chi connectivity index (χ1v) is 10.4. The second kappa shape index (κ2) is 12.4. The average molecular weight is 417 g/mol. The summed E-state index contributed by atoms with van der Waals surface area (Å²) in [4.78, 5) is 3.94. The standard InChI is InChI=1S/C14H21N.C9H6ClNO.CH3F/c1-12-6-5-7-13(10-12)11-15-14-8-3-2-4-9-14;10-8-3-7-5-11-2-1-6(7)4-9(8)12;1-2/h5-7,10,14-15H,2-4,8-9,11H2,1H3;1-5,12H;1H3. The quantitative estimate of drug-likeness (QED) is 0.505. The monoisotopic (exact) mass is 416 g/mol. The predicted molar refractivity (Wildman–Crippen MR) is 120 cm³/mol. The number of aryl methyl sites for hydroxylation is 1. The summed E-state index contributed by atoms with van der Waals surface area (Å²) in [6, 6.07) is 14.7. The second-order valence-electron chi connectivity index (χ2n) is 7.23. The molecule has 4 rings (SSSR count). The van der Waals surface area contributed by atoms with E-state index in [2.05, 4.69) is 41.5 Å². The lowest BCUT2D eigenvalue weighted by atomic mass is 9.95. The van der Waals surface area contributed by atoms with E-state index in [9.17, 15) is 9.50 Å². The topological polar surface area (TPSA) is 45.1 Å². The van der Waals surface area contributed by atoms with E-state index in [4.69, 9.17) is 11.6 Å². The van der Waals surface area contributed by atoms with Gasteiger partial charge in [0.25, 0.3) is 0 Å². The molecular weight excluding hydrogens is 387 g/mol. The van der Waals surface area contributed by atoms with Crippen LogP contribution in [0, 0.1) is 6.92 Å². The van der Waals surface area contributed by atoms with Gasteiger partial charge in [-0.25, -0.2) is 0 Å². The van der Waals surface area contributed by atoms with Crippen molar-refractivity contribution < 1.29 is 9.50 Å². The molecule has 0 radical (unpaired) electrons. The molecule has 1 aromatic heterocycles. The third kappa shape index (κ3) is 7.64. The van der Waals surface area contributed by atoms with Crippen LogP contribution in [0.25, 0.3) is 10.8 Å². The van der Waals surface area contributed by atoms with Crippen molar-refractivity contribution in [2.45, 2.75) is 51.6 Å². The summed E-state index contributed by atoms with van der Waals surface area (Å²) in [6.45, 7) is 3.19.